The van der Waals surface area contributed by atoms with Crippen LogP contribution in [-0.4, -0.2) is 59.2 Å². The first-order chi connectivity index (χ1) is 26.9. The number of para-hydroxylation sites is 1. The Morgan fingerprint density at radius 3 is 2.04 bits per heavy atom. The predicted octanol–water partition coefficient (Wildman–Crippen LogP) is 12.1. The molecule has 0 saturated heterocycles. The molecule has 0 aliphatic heterocycles. The quantitative estimate of drug-likeness (QED) is 0.0249. The first-order valence-corrected chi connectivity index (χ1v) is 23.0. The van der Waals surface area contributed by atoms with E-state index in [1.807, 2.05) is 18.2 Å². The van der Waals surface area contributed by atoms with E-state index in [0.29, 0.717) is 32.0 Å². The molecule has 6 atom stereocenters. The van der Waals surface area contributed by atoms with E-state index in [0.717, 1.165) is 50.8 Å². The monoisotopic (exact) mass is 784 g/mol. The van der Waals surface area contributed by atoms with Crippen LogP contribution in [0.1, 0.15) is 174 Å². The van der Waals surface area contributed by atoms with Crippen LogP contribution < -0.4 is 4.90 Å². The van der Waals surface area contributed by atoms with E-state index in [-0.39, 0.29) is 41.3 Å². The highest BCUT2D eigenvalue weighted by molar-refractivity contribution is 6.21. The minimum atomic E-state index is -0.499. The Labute approximate surface area is 340 Å². The summed E-state index contributed by atoms with van der Waals surface area (Å²) in [6, 6.07) is 9.60. The van der Waals surface area contributed by atoms with Crippen LogP contribution in [0.2, 0.25) is 0 Å². The molecule has 2 aliphatic carbocycles. The molecule has 0 amide bonds. The van der Waals surface area contributed by atoms with Gasteiger partial charge in [0.2, 0.25) is 0 Å². The van der Waals surface area contributed by atoms with Crippen LogP contribution in [0, 0.1) is 17.3 Å². The highest BCUT2D eigenvalue weighted by Gasteiger charge is 2.42. The molecule has 0 aromatic heterocycles. The summed E-state index contributed by atoms with van der Waals surface area (Å²) in [4.78, 5) is 26.7. The molecular formula is C48H78ClNO5. The van der Waals surface area contributed by atoms with Gasteiger partial charge < -0.3 is 19.8 Å². The number of allylic oxidation sites excluding steroid dienone is 2. The molecule has 2 aliphatic rings. The fourth-order valence-electron chi connectivity index (χ4n) is 8.99. The number of hydrogen-bond acceptors (Lipinski definition) is 6. The smallest absolute Gasteiger partial charge is 0.329 e. The molecular weight excluding hydrogens is 706 g/mol. The van der Waals surface area contributed by atoms with Crippen LogP contribution in [0.4, 0.5) is 5.69 Å². The third kappa shape index (κ3) is 17.1. The van der Waals surface area contributed by atoms with E-state index in [9.17, 15) is 19.8 Å². The van der Waals surface area contributed by atoms with Crippen molar-refractivity contribution in [3.05, 3.63) is 54.6 Å². The summed E-state index contributed by atoms with van der Waals surface area (Å²) in [5.41, 5.74) is 1.06. The number of halogens is 1. The van der Waals surface area contributed by atoms with Crippen LogP contribution in [0.5, 0.6) is 0 Å². The molecule has 3 rings (SSSR count). The lowest BCUT2D eigenvalue weighted by molar-refractivity contribution is -0.147. The van der Waals surface area contributed by atoms with Crippen LogP contribution in [0.3, 0.4) is 0 Å². The number of aliphatic hydroxyl groups is 2. The first-order valence-electron chi connectivity index (χ1n) is 22.6. The number of rotatable bonds is 32. The van der Waals surface area contributed by atoms with Crippen molar-refractivity contribution >= 4 is 29.5 Å². The second-order valence-corrected chi connectivity index (χ2v) is 17.3. The average molecular weight is 785 g/mol. The van der Waals surface area contributed by atoms with Crippen molar-refractivity contribution in [2.24, 2.45) is 17.3 Å². The molecule has 312 valence electrons. The zero-order valence-corrected chi connectivity index (χ0v) is 35.5. The van der Waals surface area contributed by atoms with Crippen LogP contribution in [-0.2, 0) is 14.3 Å². The minimum Gasteiger partial charge on any atom is -0.456 e. The van der Waals surface area contributed by atoms with Crippen LogP contribution in [0.25, 0.3) is 0 Å². The molecule has 1 aromatic rings. The maximum Gasteiger partial charge on any atom is 0.329 e. The van der Waals surface area contributed by atoms with E-state index in [1.54, 1.807) is 0 Å². The number of anilines is 1. The molecule has 2 N–H and O–H groups in total. The van der Waals surface area contributed by atoms with Crippen molar-refractivity contribution in [1.29, 1.82) is 0 Å². The number of nitrogens with zero attached hydrogens (tertiary/aromatic N) is 1. The summed E-state index contributed by atoms with van der Waals surface area (Å²) in [6.07, 6.45) is 36.9. The zero-order chi connectivity index (χ0) is 39.6. The van der Waals surface area contributed by atoms with Crippen molar-refractivity contribution in [1.82, 2.24) is 0 Å². The lowest BCUT2D eigenvalue weighted by Crippen LogP contribution is -2.43. The van der Waals surface area contributed by atoms with Crippen molar-refractivity contribution in [3.63, 3.8) is 0 Å². The van der Waals surface area contributed by atoms with Gasteiger partial charge in [-0.2, -0.15) is 0 Å². The highest BCUT2D eigenvalue weighted by Crippen LogP contribution is 2.48. The van der Waals surface area contributed by atoms with E-state index in [2.05, 4.69) is 55.2 Å². The van der Waals surface area contributed by atoms with Gasteiger partial charge in [0.25, 0.3) is 0 Å². The third-order valence-corrected chi connectivity index (χ3v) is 13.3. The van der Waals surface area contributed by atoms with Gasteiger partial charge in [-0.05, 0) is 81.3 Å². The Balaban J connectivity index is 1.46. The number of alkyl halides is 1. The van der Waals surface area contributed by atoms with Gasteiger partial charge in [0.05, 0.1) is 12.2 Å². The lowest BCUT2D eigenvalue weighted by atomic mass is 9.63. The second kappa shape index (κ2) is 28.3. The fourth-order valence-corrected chi connectivity index (χ4v) is 9.44. The standard InChI is InChI=1S/C48H78ClNO5/c1-3-5-6-7-8-9-10-11-12-13-14-15-16-17-18-25-36-50(40-28-21-19-22-29-40)44(47(54)55-38-37-51)32-24-20-23-30-41-42(45(52)39-43(41)49)31-26-33-46(53)48(4-2)34-27-35-48/h19-23,26,28-29,31,37,41-46,52-53H,3-18,24-25,27,30,32-36,38-39H2,1-2H3/t41-,42-,43-,44?,45-,46+/m1/s1. The Bertz CT molecular complexity index is 1200. The summed E-state index contributed by atoms with van der Waals surface area (Å²) >= 11 is 6.76. The van der Waals surface area contributed by atoms with E-state index in [4.69, 9.17) is 16.3 Å². The molecule has 0 bridgehead atoms. The maximum absolute atomic E-state index is 13.4. The summed E-state index contributed by atoms with van der Waals surface area (Å²) < 4.78 is 5.42. The molecule has 0 heterocycles. The summed E-state index contributed by atoms with van der Waals surface area (Å²) in [5, 5.41) is 21.6. The van der Waals surface area contributed by atoms with Gasteiger partial charge in [0.15, 0.2) is 6.29 Å². The van der Waals surface area contributed by atoms with Gasteiger partial charge in [0, 0.05) is 23.5 Å². The maximum atomic E-state index is 13.4. The van der Waals surface area contributed by atoms with E-state index in [1.165, 1.54) is 96.3 Å². The minimum absolute atomic E-state index is 0.0438. The number of carbonyl (C=O) groups excluding carboxylic acids is 2. The average Bonchev–Trinajstić information content (AvgIpc) is 3.44. The van der Waals surface area contributed by atoms with Gasteiger partial charge in [-0.15, -0.1) is 11.6 Å². The Morgan fingerprint density at radius 1 is 0.891 bits per heavy atom. The number of aldehydes is 1. The Kier molecular flexibility index (Phi) is 24.3. The van der Waals surface area contributed by atoms with Gasteiger partial charge in [0.1, 0.15) is 12.6 Å². The molecule has 0 spiro atoms. The number of aliphatic hydroxyl groups excluding tert-OH is 2. The van der Waals surface area contributed by atoms with Gasteiger partial charge in [-0.1, -0.05) is 159 Å². The lowest BCUT2D eigenvalue weighted by Gasteiger charge is -2.45. The van der Waals surface area contributed by atoms with Gasteiger partial charge >= 0.3 is 5.97 Å². The molecule has 1 aromatic carbocycles. The number of benzene rings is 1. The summed E-state index contributed by atoms with van der Waals surface area (Å²) in [6.45, 7) is 4.97. The van der Waals surface area contributed by atoms with E-state index < -0.39 is 12.1 Å². The number of unbranched alkanes of at least 4 members (excludes halogenated alkanes) is 15. The predicted molar refractivity (Wildman–Crippen MR) is 231 cm³/mol. The van der Waals surface area contributed by atoms with Crippen molar-refractivity contribution in [2.75, 3.05) is 18.1 Å². The van der Waals surface area contributed by atoms with E-state index >= 15 is 0 Å². The molecule has 6 nitrogen and oxygen atoms in total. The number of esters is 1. The van der Waals surface area contributed by atoms with Crippen molar-refractivity contribution < 1.29 is 24.5 Å². The highest BCUT2D eigenvalue weighted by atomic mass is 35.5. The number of hydrogen-bond donors (Lipinski definition) is 2. The summed E-state index contributed by atoms with van der Waals surface area (Å²) in [5.74, 6) is -0.299. The number of ether oxygens (including phenoxy) is 1. The van der Waals surface area contributed by atoms with Gasteiger partial charge in [-0.3, -0.25) is 4.79 Å². The van der Waals surface area contributed by atoms with Gasteiger partial charge in [-0.25, -0.2) is 4.79 Å². The zero-order valence-electron chi connectivity index (χ0n) is 34.8. The van der Waals surface area contributed by atoms with Crippen LogP contribution in [0.15, 0.2) is 54.6 Å². The first kappa shape index (κ1) is 47.2. The summed E-state index contributed by atoms with van der Waals surface area (Å²) in [7, 11) is 0. The molecule has 2 saturated carbocycles. The molecule has 7 heteroatoms. The SMILES string of the molecule is CCCCCCCCCCCCCCCCCCN(c1ccccc1)C(CCC=CC[C@@H]1[C@@H](C=CC[C@H](O)C2(CC)CCC2)[C@H](O)C[C@H]1Cl)C(=O)OCC=O. The largest absolute Gasteiger partial charge is 0.456 e. The van der Waals surface area contributed by atoms with Crippen LogP contribution >= 0.6 is 11.6 Å². The molecule has 2 fully saturated rings. The second-order valence-electron chi connectivity index (χ2n) is 16.7. The Hall–Kier alpha value is -2.15. The third-order valence-electron chi connectivity index (χ3n) is 12.8. The van der Waals surface area contributed by atoms with Crippen molar-refractivity contribution in [3.8, 4) is 0 Å². The molecule has 0 radical (unpaired) electrons. The fraction of sp³-hybridized carbons (Fsp3) is 0.750. The Morgan fingerprint density at radius 2 is 1.49 bits per heavy atom. The number of carbonyl (C=O) groups is 2. The normalized spacial score (nSPS) is 21.8. The molecule has 55 heavy (non-hydrogen) atoms. The molecule has 1 unspecified atom stereocenters. The topological polar surface area (TPSA) is 87.1 Å². The van der Waals surface area contributed by atoms with Crippen molar-refractivity contribution in [2.45, 2.75) is 198 Å².